The molecule has 0 amide bonds. The number of rotatable bonds is 5. The van der Waals surface area contributed by atoms with Gasteiger partial charge >= 0.3 is 0 Å². The highest BCUT2D eigenvalue weighted by molar-refractivity contribution is 9.10. The summed E-state index contributed by atoms with van der Waals surface area (Å²) in [7, 11) is 0. The van der Waals surface area contributed by atoms with Gasteiger partial charge in [0.1, 0.15) is 17.3 Å². The van der Waals surface area contributed by atoms with E-state index in [4.69, 9.17) is 4.74 Å². The number of nitrogens with one attached hydrogen (secondary N) is 1. The topological polar surface area (TPSA) is 21.3 Å². The highest BCUT2D eigenvalue weighted by atomic mass is 79.9. The molecule has 2 aromatic rings. The van der Waals surface area contributed by atoms with Crippen molar-refractivity contribution in [1.82, 2.24) is 5.32 Å². The van der Waals surface area contributed by atoms with Crippen LogP contribution in [0, 0.1) is 12.7 Å². The Kier molecular flexibility index (Phi) is 4.27. The SMILES string of the molecule is Cc1ccc(F)cc1Oc1ccc(CNC2CC2)c(Br)c1. The van der Waals surface area contributed by atoms with Crippen LogP contribution >= 0.6 is 15.9 Å². The van der Waals surface area contributed by atoms with E-state index in [2.05, 4.69) is 21.2 Å². The van der Waals surface area contributed by atoms with E-state index in [0.29, 0.717) is 17.5 Å². The Hall–Kier alpha value is -1.39. The highest BCUT2D eigenvalue weighted by Crippen LogP contribution is 2.30. The van der Waals surface area contributed by atoms with Gasteiger partial charge < -0.3 is 10.1 Å². The van der Waals surface area contributed by atoms with Crippen LogP contribution in [0.1, 0.15) is 24.0 Å². The number of ether oxygens (including phenoxy) is 1. The minimum atomic E-state index is -0.292. The summed E-state index contributed by atoms with van der Waals surface area (Å²) in [6.07, 6.45) is 2.55. The van der Waals surface area contributed by atoms with E-state index in [9.17, 15) is 4.39 Å². The summed E-state index contributed by atoms with van der Waals surface area (Å²) in [5.41, 5.74) is 2.11. The molecule has 0 bridgehead atoms. The maximum atomic E-state index is 13.3. The molecular formula is C17H17BrFNO. The first-order valence-electron chi connectivity index (χ1n) is 7.07. The Balaban J connectivity index is 1.73. The van der Waals surface area contributed by atoms with E-state index < -0.39 is 0 Å². The first-order valence-corrected chi connectivity index (χ1v) is 7.87. The monoisotopic (exact) mass is 349 g/mol. The van der Waals surface area contributed by atoms with E-state index in [0.717, 1.165) is 16.6 Å². The second kappa shape index (κ2) is 6.16. The lowest BCUT2D eigenvalue weighted by molar-refractivity contribution is 0.472. The predicted molar refractivity (Wildman–Crippen MR) is 85.2 cm³/mol. The molecule has 0 unspecified atom stereocenters. The van der Waals surface area contributed by atoms with Crippen molar-refractivity contribution in [3.05, 3.63) is 57.8 Å². The van der Waals surface area contributed by atoms with Crippen molar-refractivity contribution in [1.29, 1.82) is 0 Å². The van der Waals surface area contributed by atoms with E-state index >= 15 is 0 Å². The first kappa shape index (κ1) is 14.5. The average molecular weight is 350 g/mol. The van der Waals surface area contributed by atoms with Crippen molar-refractivity contribution < 1.29 is 9.13 Å². The fraction of sp³-hybridized carbons (Fsp3) is 0.294. The molecule has 1 aliphatic carbocycles. The Bertz CT molecular complexity index is 655. The summed E-state index contributed by atoms with van der Waals surface area (Å²) in [6, 6.07) is 11.1. The largest absolute Gasteiger partial charge is 0.457 e. The molecule has 110 valence electrons. The predicted octanol–water partition coefficient (Wildman–Crippen LogP) is 4.94. The van der Waals surface area contributed by atoms with E-state index in [-0.39, 0.29) is 5.82 Å². The van der Waals surface area contributed by atoms with Crippen molar-refractivity contribution in [2.45, 2.75) is 32.4 Å². The summed E-state index contributed by atoms with van der Waals surface area (Å²) in [5, 5.41) is 3.48. The summed E-state index contributed by atoms with van der Waals surface area (Å²) >= 11 is 3.57. The van der Waals surface area contributed by atoms with Gasteiger partial charge in [-0.2, -0.15) is 0 Å². The molecule has 0 atom stereocenters. The van der Waals surface area contributed by atoms with Crippen molar-refractivity contribution >= 4 is 15.9 Å². The van der Waals surface area contributed by atoms with Gasteiger partial charge in [0.05, 0.1) is 0 Å². The van der Waals surface area contributed by atoms with Gasteiger partial charge in [0.15, 0.2) is 0 Å². The fourth-order valence-electron chi connectivity index (χ4n) is 2.09. The van der Waals surface area contributed by atoms with Crippen LogP contribution in [0.3, 0.4) is 0 Å². The Morgan fingerprint density at radius 3 is 2.76 bits per heavy atom. The van der Waals surface area contributed by atoms with Gasteiger partial charge in [-0.05, 0) is 49.1 Å². The van der Waals surface area contributed by atoms with Crippen molar-refractivity contribution in [2.75, 3.05) is 0 Å². The second-order valence-corrected chi connectivity index (χ2v) is 6.27. The molecule has 1 saturated carbocycles. The van der Waals surface area contributed by atoms with Crippen LogP contribution in [0.5, 0.6) is 11.5 Å². The molecule has 1 N–H and O–H groups in total. The van der Waals surface area contributed by atoms with E-state index in [1.807, 2.05) is 25.1 Å². The lowest BCUT2D eigenvalue weighted by Crippen LogP contribution is -2.15. The summed E-state index contributed by atoms with van der Waals surface area (Å²) < 4.78 is 20.1. The molecule has 1 fully saturated rings. The summed E-state index contributed by atoms with van der Waals surface area (Å²) in [4.78, 5) is 0. The van der Waals surface area contributed by atoms with Gasteiger partial charge in [-0.1, -0.05) is 28.1 Å². The molecule has 2 nitrogen and oxygen atoms in total. The molecule has 0 radical (unpaired) electrons. The molecule has 0 saturated heterocycles. The maximum Gasteiger partial charge on any atom is 0.133 e. The van der Waals surface area contributed by atoms with Crippen molar-refractivity contribution in [3.8, 4) is 11.5 Å². The van der Waals surface area contributed by atoms with Crippen LogP contribution in [0.2, 0.25) is 0 Å². The zero-order valence-electron chi connectivity index (χ0n) is 11.8. The van der Waals surface area contributed by atoms with E-state index in [1.54, 1.807) is 6.07 Å². The molecule has 21 heavy (non-hydrogen) atoms. The fourth-order valence-corrected chi connectivity index (χ4v) is 2.59. The first-order chi connectivity index (χ1) is 10.1. The van der Waals surface area contributed by atoms with Crippen molar-refractivity contribution in [3.63, 3.8) is 0 Å². The Morgan fingerprint density at radius 1 is 1.24 bits per heavy atom. The van der Waals surface area contributed by atoms with Crippen LogP contribution in [0.15, 0.2) is 40.9 Å². The summed E-state index contributed by atoms with van der Waals surface area (Å²) in [5.74, 6) is 0.955. The number of halogens is 2. The highest BCUT2D eigenvalue weighted by Gasteiger charge is 2.20. The van der Waals surface area contributed by atoms with Gasteiger partial charge in [-0.25, -0.2) is 4.39 Å². The molecule has 3 rings (SSSR count). The molecule has 0 heterocycles. The standard InChI is InChI=1S/C17H17BrFNO/c1-11-2-4-13(19)8-17(11)21-15-7-3-12(16(18)9-15)10-20-14-5-6-14/h2-4,7-9,14,20H,5-6,10H2,1H3. The van der Waals surface area contributed by atoms with Gasteiger partial charge in [0, 0.05) is 23.1 Å². The zero-order chi connectivity index (χ0) is 14.8. The van der Waals surface area contributed by atoms with Crippen LogP contribution in [0.4, 0.5) is 4.39 Å². The van der Waals surface area contributed by atoms with Crippen molar-refractivity contribution in [2.24, 2.45) is 0 Å². The van der Waals surface area contributed by atoms with Crippen LogP contribution < -0.4 is 10.1 Å². The lowest BCUT2D eigenvalue weighted by Gasteiger charge is -2.11. The van der Waals surface area contributed by atoms with Crippen LogP contribution in [-0.2, 0) is 6.54 Å². The Labute approximate surface area is 132 Å². The minimum absolute atomic E-state index is 0.292. The normalized spacial score (nSPS) is 14.2. The third-order valence-corrected chi connectivity index (χ3v) is 4.30. The smallest absolute Gasteiger partial charge is 0.133 e. The van der Waals surface area contributed by atoms with Gasteiger partial charge in [0.2, 0.25) is 0 Å². The third-order valence-electron chi connectivity index (χ3n) is 3.56. The zero-order valence-corrected chi connectivity index (χ0v) is 13.4. The second-order valence-electron chi connectivity index (χ2n) is 5.42. The van der Waals surface area contributed by atoms with Gasteiger partial charge in [0.25, 0.3) is 0 Å². The quantitative estimate of drug-likeness (QED) is 0.825. The Morgan fingerprint density at radius 2 is 2.05 bits per heavy atom. The number of aryl methyl sites for hydroxylation is 1. The lowest BCUT2D eigenvalue weighted by atomic mass is 10.2. The number of hydrogen-bond donors (Lipinski definition) is 1. The van der Waals surface area contributed by atoms with Crippen LogP contribution in [0.25, 0.3) is 0 Å². The molecule has 2 aromatic carbocycles. The van der Waals surface area contributed by atoms with Crippen LogP contribution in [-0.4, -0.2) is 6.04 Å². The van der Waals surface area contributed by atoms with Gasteiger partial charge in [-0.3, -0.25) is 0 Å². The molecule has 1 aliphatic rings. The molecule has 0 aromatic heterocycles. The molecular weight excluding hydrogens is 333 g/mol. The summed E-state index contributed by atoms with van der Waals surface area (Å²) in [6.45, 7) is 2.75. The number of hydrogen-bond acceptors (Lipinski definition) is 2. The minimum Gasteiger partial charge on any atom is -0.457 e. The molecule has 4 heteroatoms. The van der Waals surface area contributed by atoms with Gasteiger partial charge in [-0.15, -0.1) is 0 Å². The number of benzene rings is 2. The third kappa shape index (κ3) is 3.83. The average Bonchev–Trinajstić information content (AvgIpc) is 3.26. The maximum absolute atomic E-state index is 13.3. The van der Waals surface area contributed by atoms with E-state index in [1.165, 1.54) is 30.5 Å². The molecule has 0 aliphatic heterocycles. The molecule has 0 spiro atoms.